The highest BCUT2D eigenvalue weighted by Crippen LogP contribution is 2.19. The van der Waals surface area contributed by atoms with Crippen molar-refractivity contribution in [1.82, 2.24) is 4.98 Å². The lowest BCUT2D eigenvalue weighted by Crippen LogP contribution is -2.17. The van der Waals surface area contributed by atoms with E-state index >= 15 is 0 Å². The first-order chi connectivity index (χ1) is 7.13. The molecule has 0 radical (unpaired) electrons. The number of aromatic nitrogens is 1. The first kappa shape index (κ1) is 12.3. The molecule has 1 unspecified atom stereocenters. The number of hydrogen-bond acceptors (Lipinski definition) is 5. The van der Waals surface area contributed by atoms with Crippen LogP contribution in [0.1, 0.15) is 23.5 Å². The number of carboxylic acid groups (broad SMARTS) is 1. The van der Waals surface area contributed by atoms with Gasteiger partial charge in [-0.2, -0.15) is 11.8 Å². The maximum atomic E-state index is 10.6. The fourth-order valence-electron chi connectivity index (χ4n) is 0.987. The van der Waals surface area contributed by atoms with E-state index in [1.165, 1.54) is 17.5 Å². The van der Waals surface area contributed by atoms with Gasteiger partial charge < -0.3 is 10.4 Å². The molecule has 6 heteroatoms. The van der Waals surface area contributed by atoms with Gasteiger partial charge in [0, 0.05) is 11.8 Å². The number of hydrogen-bond donors (Lipinski definition) is 2. The van der Waals surface area contributed by atoms with E-state index in [4.69, 9.17) is 5.11 Å². The summed E-state index contributed by atoms with van der Waals surface area (Å²) in [7, 11) is 0. The minimum absolute atomic E-state index is 0.271. The van der Waals surface area contributed by atoms with Crippen LogP contribution in [0, 0.1) is 0 Å². The summed E-state index contributed by atoms with van der Waals surface area (Å²) in [6, 6.07) is 0.308. The Hall–Kier alpha value is -0.750. The van der Waals surface area contributed by atoms with E-state index in [1.54, 1.807) is 0 Å². The molecule has 84 valence electrons. The van der Waals surface area contributed by atoms with Gasteiger partial charge in [-0.3, -0.25) is 0 Å². The summed E-state index contributed by atoms with van der Waals surface area (Å²) in [5.74, 6) is 1.17. The maximum Gasteiger partial charge on any atom is 0.347 e. The van der Waals surface area contributed by atoms with Gasteiger partial charge in [0.2, 0.25) is 0 Å². The molecule has 1 atom stereocenters. The molecule has 0 saturated heterocycles. The third-order valence-corrected chi connectivity index (χ3v) is 3.72. The van der Waals surface area contributed by atoms with Crippen LogP contribution in [0.15, 0.2) is 6.20 Å². The zero-order valence-corrected chi connectivity index (χ0v) is 10.3. The number of carboxylic acids is 1. The number of rotatable bonds is 6. The Balaban J connectivity index is 2.46. The quantitative estimate of drug-likeness (QED) is 0.807. The Morgan fingerprint density at radius 2 is 2.53 bits per heavy atom. The molecule has 1 aromatic heterocycles. The zero-order valence-electron chi connectivity index (χ0n) is 8.69. The van der Waals surface area contributed by atoms with E-state index in [0.717, 1.165) is 11.5 Å². The van der Waals surface area contributed by atoms with E-state index in [9.17, 15) is 4.79 Å². The van der Waals surface area contributed by atoms with Crippen molar-refractivity contribution in [2.75, 3.05) is 16.8 Å². The standard InChI is InChI=1S/C9H14N2O2S2/c1-3-14-5-6(2)11-9-10-4-7(15-9)8(12)13/h4,6H,3,5H2,1-2H3,(H,10,11)(H,12,13). The van der Waals surface area contributed by atoms with Crippen LogP contribution in [0.3, 0.4) is 0 Å². The molecule has 0 amide bonds. The Bertz CT molecular complexity index is 328. The summed E-state index contributed by atoms with van der Waals surface area (Å²) in [5, 5.41) is 12.6. The Labute approximate surface area is 97.1 Å². The number of thioether (sulfide) groups is 1. The first-order valence-corrected chi connectivity index (χ1v) is 6.64. The molecule has 1 heterocycles. The highest BCUT2D eigenvalue weighted by Gasteiger charge is 2.10. The second-order valence-electron chi connectivity index (χ2n) is 3.04. The molecule has 1 aromatic rings. The van der Waals surface area contributed by atoms with Gasteiger partial charge >= 0.3 is 5.97 Å². The van der Waals surface area contributed by atoms with Crippen molar-refractivity contribution in [2.24, 2.45) is 0 Å². The van der Waals surface area contributed by atoms with Crippen LogP contribution < -0.4 is 5.32 Å². The molecule has 15 heavy (non-hydrogen) atoms. The van der Waals surface area contributed by atoms with Gasteiger partial charge in [0.25, 0.3) is 0 Å². The summed E-state index contributed by atoms with van der Waals surface area (Å²) in [6.07, 6.45) is 1.38. The molecule has 0 spiro atoms. The molecule has 0 fully saturated rings. The number of aromatic carboxylic acids is 1. The SMILES string of the molecule is CCSCC(C)Nc1ncc(C(=O)O)s1. The lowest BCUT2D eigenvalue weighted by Gasteiger charge is -2.11. The van der Waals surface area contributed by atoms with E-state index in [-0.39, 0.29) is 4.88 Å². The fraction of sp³-hybridized carbons (Fsp3) is 0.556. The highest BCUT2D eigenvalue weighted by molar-refractivity contribution is 7.99. The Morgan fingerprint density at radius 3 is 3.07 bits per heavy atom. The molecule has 2 N–H and O–H groups in total. The van der Waals surface area contributed by atoms with E-state index in [1.807, 2.05) is 11.8 Å². The monoisotopic (exact) mass is 246 g/mol. The molecule has 0 saturated carbocycles. The van der Waals surface area contributed by atoms with Crippen LogP contribution >= 0.6 is 23.1 Å². The number of anilines is 1. The van der Waals surface area contributed by atoms with Crippen LogP contribution in [-0.4, -0.2) is 33.6 Å². The minimum atomic E-state index is -0.920. The topological polar surface area (TPSA) is 62.2 Å². The van der Waals surface area contributed by atoms with E-state index < -0.39 is 5.97 Å². The van der Waals surface area contributed by atoms with Gasteiger partial charge in [-0.1, -0.05) is 18.3 Å². The molecule has 0 aliphatic heterocycles. The molecular weight excluding hydrogens is 232 g/mol. The average molecular weight is 246 g/mol. The Morgan fingerprint density at radius 1 is 1.80 bits per heavy atom. The molecule has 0 aliphatic rings. The van der Waals surface area contributed by atoms with Crippen LogP contribution in [-0.2, 0) is 0 Å². The third kappa shape index (κ3) is 4.09. The van der Waals surface area contributed by atoms with Gasteiger partial charge in [0.05, 0.1) is 6.20 Å². The number of carbonyl (C=O) groups is 1. The largest absolute Gasteiger partial charge is 0.477 e. The predicted molar refractivity (Wildman–Crippen MR) is 65.2 cm³/mol. The summed E-state index contributed by atoms with van der Waals surface area (Å²) >= 11 is 3.02. The van der Waals surface area contributed by atoms with Gasteiger partial charge in [-0.05, 0) is 12.7 Å². The minimum Gasteiger partial charge on any atom is -0.477 e. The first-order valence-electron chi connectivity index (χ1n) is 4.67. The molecule has 0 aromatic carbocycles. The molecule has 0 bridgehead atoms. The Kier molecular flexibility index (Phi) is 4.90. The molecule has 1 rings (SSSR count). The fourth-order valence-corrected chi connectivity index (χ4v) is 2.43. The number of thiazole rings is 1. The van der Waals surface area contributed by atoms with Crippen molar-refractivity contribution in [1.29, 1.82) is 0 Å². The van der Waals surface area contributed by atoms with Crippen LogP contribution in [0.2, 0.25) is 0 Å². The molecule has 0 aliphatic carbocycles. The second-order valence-corrected chi connectivity index (χ2v) is 5.39. The van der Waals surface area contributed by atoms with Crippen molar-refractivity contribution in [3.05, 3.63) is 11.1 Å². The average Bonchev–Trinajstić information content (AvgIpc) is 2.63. The zero-order chi connectivity index (χ0) is 11.3. The van der Waals surface area contributed by atoms with Crippen molar-refractivity contribution in [2.45, 2.75) is 19.9 Å². The second kappa shape index (κ2) is 5.97. The molecule has 4 nitrogen and oxygen atoms in total. The third-order valence-electron chi connectivity index (χ3n) is 1.66. The number of nitrogens with zero attached hydrogens (tertiary/aromatic N) is 1. The lowest BCUT2D eigenvalue weighted by atomic mass is 10.4. The summed E-state index contributed by atoms with van der Waals surface area (Å²) in [4.78, 5) is 14.9. The molecular formula is C9H14N2O2S2. The van der Waals surface area contributed by atoms with Gasteiger partial charge in [0.1, 0.15) is 4.88 Å². The lowest BCUT2D eigenvalue weighted by molar-refractivity contribution is 0.0702. The van der Waals surface area contributed by atoms with Crippen LogP contribution in [0.25, 0.3) is 0 Å². The highest BCUT2D eigenvalue weighted by atomic mass is 32.2. The summed E-state index contributed by atoms with van der Waals surface area (Å²) in [6.45, 7) is 4.17. The number of nitrogens with one attached hydrogen (secondary N) is 1. The van der Waals surface area contributed by atoms with Crippen LogP contribution in [0.5, 0.6) is 0 Å². The van der Waals surface area contributed by atoms with Gasteiger partial charge in [0.15, 0.2) is 5.13 Å². The predicted octanol–water partition coefficient (Wildman–Crippen LogP) is 2.39. The van der Waals surface area contributed by atoms with Crippen molar-refractivity contribution in [3.8, 4) is 0 Å². The van der Waals surface area contributed by atoms with Crippen LogP contribution in [0.4, 0.5) is 5.13 Å². The van der Waals surface area contributed by atoms with Crippen molar-refractivity contribution in [3.63, 3.8) is 0 Å². The van der Waals surface area contributed by atoms with E-state index in [2.05, 4.69) is 24.1 Å². The van der Waals surface area contributed by atoms with Crippen molar-refractivity contribution < 1.29 is 9.90 Å². The van der Waals surface area contributed by atoms with Gasteiger partial charge in [-0.15, -0.1) is 0 Å². The van der Waals surface area contributed by atoms with Gasteiger partial charge in [-0.25, -0.2) is 9.78 Å². The normalized spacial score (nSPS) is 12.4. The maximum absolute atomic E-state index is 10.6. The summed E-state index contributed by atoms with van der Waals surface area (Å²) in [5.41, 5.74) is 0. The van der Waals surface area contributed by atoms with Crippen molar-refractivity contribution >= 4 is 34.2 Å². The van der Waals surface area contributed by atoms with E-state index in [0.29, 0.717) is 11.2 Å². The summed E-state index contributed by atoms with van der Waals surface area (Å²) < 4.78 is 0. The smallest absolute Gasteiger partial charge is 0.347 e.